The minimum Gasteiger partial charge on any atom is -0.357 e. The van der Waals surface area contributed by atoms with E-state index in [2.05, 4.69) is 10.6 Å². The zero-order chi connectivity index (χ0) is 22.3. The van der Waals surface area contributed by atoms with Gasteiger partial charge in [-0.1, -0.05) is 63.2 Å². The largest absolute Gasteiger partial charge is 0.357 e. The van der Waals surface area contributed by atoms with Crippen molar-refractivity contribution in [2.45, 2.75) is 39.7 Å². The van der Waals surface area contributed by atoms with Gasteiger partial charge in [-0.15, -0.1) is 0 Å². The molecule has 3 atom stereocenters. The molecule has 2 rings (SSSR count). The van der Waals surface area contributed by atoms with Crippen LogP contribution in [-0.2, 0) is 20.8 Å². The third-order valence-corrected chi connectivity index (χ3v) is 5.32. The topological polar surface area (TPSA) is 108 Å². The fourth-order valence-corrected chi connectivity index (χ4v) is 3.59. The van der Waals surface area contributed by atoms with E-state index in [4.69, 9.17) is 5.21 Å². The number of hydroxylamine groups is 1. The zero-order valence-corrected chi connectivity index (χ0v) is 17.9. The van der Waals surface area contributed by atoms with Gasteiger partial charge in [-0.3, -0.25) is 19.6 Å². The van der Waals surface area contributed by atoms with Crippen molar-refractivity contribution in [2.24, 2.45) is 17.8 Å². The molecule has 0 aliphatic rings. The number of rotatable bonds is 9. The Hall–Kier alpha value is -2.93. The molecule has 7 nitrogen and oxygen atoms in total. The molecule has 0 heterocycles. The van der Waals surface area contributed by atoms with E-state index in [0.717, 1.165) is 16.3 Å². The van der Waals surface area contributed by atoms with E-state index >= 15 is 0 Å². The molecular weight excluding hydrogens is 382 g/mol. The van der Waals surface area contributed by atoms with Crippen molar-refractivity contribution in [3.8, 4) is 0 Å². The summed E-state index contributed by atoms with van der Waals surface area (Å²) in [5.74, 6) is -2.55. The molecule has 0 saturated carbocycles. The Bertz CT molecular complexity index is 897. The van der Waals surface area contributed by atoms with Crippen LogP contribution in [0.3, 0.4) is 0 Å². The van der Waals surface area contributed by atoms with Gasteiger partial charge < -0.3 is 10.6 Å². The molecule has 4 N–H and O–H groups in total. The molecule has 0 aromatic heterocycles. The summed E-state index contributed by atoms with van der Waals surface area (Å²) in [6.45, 7) is 5.50. The Morgan fingerprint density at radius 3 is 2.20 bits per heavy atom. The van der Waals surface area contributed by atoms with Gasteiger partial charge in [0.05, 0.1) is 0 Å². The first-order valence-corrected chi connectivity index (χ1v) is 10.2. The summed E-state index contributed by atoms with van der Waals surface area (Å²) in [4.78, 5) is 37.4. The third kappa shape index (κ3) is 6.03. The Morgan fingerprint density at radius 2 is 1.60 bits per heavy atom. The van der Waals surface area contributed by atoms with Crippen molar-refractivity contribution in [2.75, 3.05) is 7.05 Å². The Labute approximate surface area is 177 Å². The van der Waals surface area contributed by atoms with Crippen LogP contribution in [0.2, 0.25) is 0 Å². The van der Waals surface area contributed by atoms with Gasteiger partial charge in [-0.05, 0) is 28.7 Å². The molecule has 0 saturated heterocycles. The van der Waals surface area contributed by atoms with Gasteiger partial charge in [0.15, 0.2) is 0 Å². The van der Waals surface area contributed by atoms with E-state index in [1.165, 1.54) is 7.05 Å². The summed E-state index contributed by atoms with van der Waals surface area (Å²) in [7, 11) is 1.52. The predicted molar refractivity (Wildman–Crippen MR) is 116 cm³/mol. The number of hydrogen-bond acceptors (Lipinski definition) is 4. The second-order valence-corrected chi connectivity index (χ2v) is 8.06. The Kier molecular flexibility index (Phi) is 8.35. The second kappa shape index (κ2) is 10.7. The normalized spacial score (nSPS) is 14.1. The molecule has 162 valence electrons. The first kappa shape index (κ1) is 23.3. The van der Waals surface area contributed by atoms with E-state index in [0.29, 0.717) is 12.8 Å². The minimum absolute atomic E-state index is 0.161. The highest BCUT2D eigenvalue weighted by Crippen LogP contribution is 2.22. The van der Waals surface area contributed by atoms with Crippen LogP contribution in [-0.4, -0.2) is 36.0 Å². The molecule has 0 aliphatic heterocycles. The van der Waals surface area contributed by atoms with Crippen molar-refractivity contribution < 1.29 is 19.6 Å². The highest BCUT2D eigenvalue weighted by Gasteiger charge is 2.33. The van der Waals surface area contributed by atoms with Crippen molar-refractivity contribution in [3.63, 3.8) is 0 Å². The summed E-state index contributed by atoms with van der Waals surface area (Å²) < 4.78 is 0. The summed E-state index contributed by atoms with van der Waals surface area (Å²) in [5.41, 5.74) is 2.54. The molecule has 3 amide bonds. The number of nitrogens with one attached hydrogen (secondary N) is 3. The predicted octanol–water partition coefficient (Wildman–Crippen LogP) is 2.42. The summed E-state index contributed by atoms with van der Waals surface area (Å²) >= 11 is 0. The summed E-state index contributed by atoms with van der Waals surface area (Å²) in [5, 5.41) is 16.5. The SMILES string of the molecule is CNC(=O)[C@@H](Cc1ccc2ccccc2c1)NC(=O)[C@@H](CC(C)C)[C@@H](C)C(=O)NO. The van der Waals surface area contributed by atoms with Crippen LogP contribution in [0.25, 0.3) is 10.8 Å². The van der Waals surface area contributed by atoms with Crippen LogP contribution < -0.4 is 16.1 Å². The van der Waals surface area contributed by atoms with E-state index < -0.39 is 23.8 Å². The molecule has 0 bridgehead atoms. The second-order valence-electron chi connectivity index (χ2n) is 8.06. The highest BCUT2D eigenvalue weighted by molar-refractivity contribution is 5.91. The van der Waals surface area contributed by atoms with Crippen molar-refractivity contribution in [3.05, 3.63) is 48.0 Å². The van der Waals surface area contributed by atoms with Gasteiger partial charge in [0, 0.05) is 25.3 Å². The fourth-order valence-electron chi connectivity index (χ4n) is 3.59. The maximum Gasteiger partial charge on any atom is 0.246 e. The van der Waals surface area contributed by atoms with Gasteiger partial charge in [0.2, 0.25) is 17.7 Å². The van der Waals surface area contributed by atoms with Crippen LogP contribution in [0.15, 0.2) is 42.5 Å². The van der Waals surface area contributed by atoms with Crippen LogP contribution in [0.1, 0.15) is 32.8 Å². The molecule has 0 radical (unpaired) electrons. The monoisotopic (exact) mass is 413 g/mol. The lowest BCUT2D eigenvalue weighted by molar-refractivity contribution is -0.141. The van der Waals surface area contributed by atoms with Gasteiger partial charge in [-0.25, -0.2) is 5.48 Å². The molecule has 2 aromatic rings. The minimum atomic E-state index is -0.775. The molecule has 0 aliphatic carbocycles. The maximum absolute atomic E-state index is 13.0. The van der Waals surface area contributed by atoms with E-state index in [1.807, 2.05) is 56.3 Å². The average molecular weight is 414 g/mol. The molecule has 0 fully saturated rings. The maximum atomic E-state index is 13.0. The molecule has 7 heteroatoms. The number of likely N-dealkylation sites (N-methyl/N-ethyl adjacent to an activating group) is 1. The fraction of sp³-hybridized carbons (Fsp3) is 0.435. The Morgan fingerprint density at radius 1 is 0.933 bits per heavy atom. The number of fused-ring (bicyclic) bond motifs is 1. The molecule has 0 spiro atoms. The lowest BCUT2D eigenvalue weighted by Gasteiger charge is -2.26. The quantitative estimate of drug-likeness (QED) is 0.374. The average Bonchev–Trinajstić information content (AvgIpc) is 2.74. The standard InChI is InChI=1S/C23H31N3O4/c1-14(2)11-19(15(3)21(27)26-30)22(28)25-20(23(29)24-4)13-16-9-10-17-7-5-6-8-18(17)12-16/h5-10,12,14-15,19-20,30H,11,13H2,1-4H3,(H,24,29)(H,25,28)(H,26,27)/t15-,19+,20-/m1/s1. The van der Waals surface area contributed by atoms with Gasteiger partial charge in [-0.2, -0.15) is 0 Å². The van der Waals surface area contributed by atoms with Crippen molar-refractivity contribution >= 4 is 28.5 Å². The zero-order valence-electron chi connectivity index (χ0n) is 17.9. The lowest BCUT2D eigenvalue weighted by atomic mass is 9.85. The van der Waals surface area contributed by atoms with Gasteiger partial charge in [0.1, 0.15) is 6.04 Å². The van der Waals surface area contributed by atoms with Crippen LogP contribution in [0, 0.1) is 17.8 Å². The van der Waals surface area contributed by atoms with Crippen molar-refractivity contribution in [1.29, 1.82) is 0 Å². The smallest absolute Gasteiger partial charge is 0.246 e. The van der Waals surface area contributed by atoms with Crippen molar-refractivity contribution in [1.82, 2.24) is 16.1 Å². The van der Waals surface area contributed by atoms with Gasteiger partial charge >= 0.3 is 0 Å². The number of carbonyl (C=O) groups excluding carboxylic acids is 3. The van der Waals surface area contributed by atoms with Crippen LogP contribution in [0.4, 0.5) is 0 Å². The highest BCUT2D eigenvalue weighted by atomic mass is 16.5. The molecule has 2 aromatic carbocycles. The summed E-state index contributed by atoms with van der Waals surface area (Å²) in [6, 6.07) is 13.1. The first-order chi connectivity index (χ1) is 14.3. The molecule has 30 heavy (non-hydrogen) atoms. The van der Waals surface area contributed by atoms with E-state index in [1.54, 1.807) is 12.4 Å². The van der Waals surface area contributed by atoms with Crippen LogP contribution in [0.5, 0.6) is 0 Å². The summed E-state index contributed by atoms with van der Waals surface area (Å²) in [6.07, 6.45) is 0.780. The third-order valence-electron chi connectivity index (χ3n) is 5.32. The van der Waals surface area contributed by atoms with E-state index in [9.17, 15) is 14.4 Å². The number of amides is 3. The Balaban J connectivity index is 2.23. The molecular formula is C23H31N3O4. The number of carbonyl (C=O) groups is 3. The first-order valence-electron chi connectivity index (χ1n) is 10.2. The lowest BCUT2D eigenvalue weighted by Crippen LogP contribution is -2.50. The van der Waals surface area contributed by atoms with Crippen LogP contribution >= 0.6 is 0 Å². The van der Waals surface area contributed by atoms with Gasteiger partial charge in [0.25, 0.3) is 0 Å². The number of hydrogen-bond donors (Lipinski definition) is 4. The van der Waals surface area contributed by atoms with E-state index in [-0.39, 0.29) is 17.7 Å². The molecule has 0 unspecified atom stereocenters. The number of benzene rings is 2.